The van der Waals surface area contributed by atoms with Crippen LogP contribution in [0.2, 0.25) is 0 Å². The molecular formula is C8H15N3O4. The van der Waals surface area contributed by atoms with Crippen LogP contribution < -0.4 is 10.6 Å². The fraction of sp³-hybridized carbons (Fsp3) is 0.625. The van der Waals surface area contributed by atoms with Gasteiger partial charge in [0.1, 0.15) is 6.54 Å². The van der Waals surface area contributed by atoms with Gasteiger partial charge in [-0.3, -0.25) is 9.59 Å². The maximum atomic E-state index is 11.2. The van der Waals surface area contributed by atoms with Crippen LogP contribution in [0.4, 0.5) is 4.79 Å². The minimum atomic E-state index is -1.14. The van der Waals surface area contributed by atoms with E-state index in [1.165, 1.54) is 4.90 Å². The van der Waals surface area contributed by atoms with Crippen LogP contribution in [0, 0.1) is 0 Å². The fourth-order valence-corrected chi connectivity index (χ4v) is 0.686. The van der Waals surface area contributed by atoms with Crippen LogP contribution in [0.3, 0.4) is 0 Å². The van der Waals surface area contributed by atoms with Gasteiger partial charge in [-0.2, -0.15) is 0 Å². The average molecular weight is 217 g/mol. The van der Waals surface area contributed by atoms with E-state index >= 15 is 0 Å². The van der Waals surface area contributed by atoms with Crippen molar-refractivity contribution in [3.8, 4) is 0 Å². The molecule has 0 rings (SSSR count). The lowest BCUT2D eigenvalue weighted by atomic mass is 10.5. The number of carboxylic acid groups (broad SMARTS) is 1. The molecule has 0 atom stereocenters. The summed E-state index contributed by atoms with van der Waals surface area (Å²) in [5.74, 6) is -1.37. The van der Waals surface area contributed by atoms with Crippen LogP contribution in [0.1, 0.15) is 6.92 Å². The molecule has 0 aliphatic heterocycles. The van der Waals surface area contributed by atoms with E-state index in [9.17, 15) is 14.4 Å². The normalized spacial score (nSPS) is 9.20. The van der Waals surface area contributed by atoms with Gasteiger partial charge in [0.15, 0.2) is 0 Å². The Bertz CT molecular complexity index is 254. The molecule has 0 aromatic carbocycles. The van der Waals surface area contributed by atoms with Crippen molar-refractivity contribution in [1.29, 1.82) is 0 Å². The zero-order chi connectivity index (χ0) is 11.8. The van der Waals surface area contributed by atoms with Gasteiger partial charge >= 0.3 is 12.0 Å². The molecule has 0 bridgehead atoms. The first-order chi connectivity index (χ1) is 6.97. The van der Waals surface area contributed by atoms with Gasteiger partial charge < -0.3 is 20.6 Å². The quantitative estimate of drug-likeness (QED) is 0.541. The summed E-state index contributed by atoms with van der Waals surface area (Å²) in [5.41, 5.74) is 0. The SMILES string of the molecule is CCN(C)C(=O)CNC(=O)NCC(=O)O. The Morgan fingerprint density at radius 2 is 1.73 bits per heavy atom. The monoisotopic (exact) mass is 217 g/mol. The average Bonchev–Trinajstić information content (AvgIpc) is 2.21. The van der Waals surface area contributed by atoms with Crippen molar-refractivity contribution in [3.63, 3.8) is 0 Å². The topological polar surface area (TPSA) is 98.7 Å². The van der Waals surface area contributed by atoms with Crippen molar-refractivity contribution in [2.24, 2.45) is 0 Å². The summed E-state index contributed by atoms with van der Waals surface area (Å²) in [7, 11) is 1.61. The first-order valence-electron chi connectivity index (χ1n) is 4.44. The number of hydrogen-bond acceptors (Lipinski definition) is 3. The molecule has 15 heavy (non-hydrogen) atoms. The van der Waals surface area contributed by atoms with Gasteiger partial charge in [0.25, 0.3) is 0 Å². The van der Waals surface area contributed by atoms with Gasteiger partial charge in [0, 0.05) is 13.6 Å². The van der Waals surface area contributed by atoms with Gasteiger partial charge in [-0.25, -0.2) is 4.79 Å². The second-order valence-electron chi connectivity index (χ2n) is 2.84. The van der Waals surface area contributed by atoms with Crippen LogP contribution in [0.25, 0.3) is 0 Å². The Balaban J connectivity index is 3.71. The molecule has 0 heterocycles. The standard InChI is InChI=1S/C8H15N3O4/c1-3-11(2)6(12)4-9-8(15)10-5-7(13)14/h3-5H2,1-2H3,(H,13,14)(H2,9,10,15). The molecule has 0 unspecified atom stereocenters. The molecule has 86 valence electrons. The molecule has 3 N–H and O–H groups in total. The first kappa shape index (κ1) is 13.2. The highest BCUT2D eigenvalue weighted by molar-refractivity contribution is 5.85. The van der Waals surface area contributed by atoms with Crippen LogP contribution in [-0.4, -0.2) is 54.6 Å². The third kappa shape index (κ3) is 6.30. The third-order valence-corrected chi connectivity index (χ3v) is 1.70. The lowest BCUT2D eigenvalue weighted by Gasteiger charge is -2.14. The number of likely N-dealkylation sites (N-methyl/N-ethyl adjacent to an activating group) is 1. The van der Waals surface area contributed by atoms with Crippen molar-refractivity contribution in [3.05, 3.63) is 0 Å². The highest BCUT2D eigenvalue weighted by Gasteiger charge is 2.08. The van der Waals surface area contributed by atoms with Crippen LogP contribution in [-0.2, 0) is 9.59 Å². The van der Waals surface area contributed by atoms with Crippen LogP contribution in [0.5, 0.6) is 0 Å². The van der Waals surface area contributed by atoms with Crippen molar-refractivity contribution in [1.82, 2.24) is 15.5 Å². The summed E-state index contributed by atoms with van der Waals surface area (Å²) >= 11 is 0. The molecule has 0 saturated carbocycles. The van der Waals surface area contributed by atoms with E-state index in [1.807, 2.05) is 6.92 Å². The maximum absolute atomic E-state index is 11.2. The Hall–Kier alpha value is -1.79. The van der Waals surface area contributed by atoms with E-state index in [0.29, 0.717) is 6.54 Å². The molecule has 0 aliphatic carbocycles. The van der Waals surface area contributed by atoms with E-state index in [1.54, 1.807) is 7.05 Å². The zero-order valence-electron chi connectivity index (χ0n) is 8.74. The number of rotatable bonds is 5. The van der Waals surface area contributed by atoms with E-state index in [-0.39, 0.29) is 12.5 Å². The lowest BCUT2D eigenvalue weighted by molar-refractivity contribution is -0.135. The first-order valence-corrected chi connectivity index (χ1v) is 4.44. The van der Waals surface area contributed by atoms with E-state index in [4.69, 9.17) is 5.11 Å². The smallest absolute Gasteiger partial charge is 0.323 e. The number of nitrogens with one attached hydrogen (secondary N) is 2. The number of carbonyl (C=O) groups is 3. The molecule has 7 nitrogen and oxygen atoms in total. The molecule has 0 saturated heterocycles. The fourth-order valence-electron chi connectivity index (χ4n) is 0.686. The number of urea groups is 1. The van der Waals surface area contributed by atoms with Gasteiger partial charge in [0.2, 0.25) is 5.91 Å². The van der Waals surface area contributed by atoms with Crippen molar-refractivity contribution < 1.29 is 19.5 Å². The summed E-state index contributed by atoms with van der Waals surface area (Å²) in [4.78, 5) is 33.6. The van der Waals surface area contributed by atoms with E-state index < -0.39 is 18.5 Å². The van der Waals surface area contributed by atoms with Crippen LogP contribution >= 0.6 is 0 Å². The molecule has 7 heteroatoms. The summed E-state index contributed by atoms with van der Waals surface area (Å²) in [6, 6.07) is -0.671. The van der Waals surface area contributed by atoms with Crippen molar-refractivity contribution in [2.75, 3.05) is 26.7 Å². The van der Waals surface area contributed by atoms with Crippen molar-refractivity contribution >= 4 is 17.9 Å². The third-order valence-electron chi connectivity index (χ3n) is 1.70. The predicted octanol–water partition coefficient (Wildman–Crippen LogP) is -1.15. The molecule has 0 fully saturated rings. The molecule has 0 aromatic heterocycles. The van der Waals surface area contributed by atoms with E-state index in [2.05, 4.69) is 10.6 Å². The second kappa shape index (κ2) is 6.63. The van der Waals surface area contributed by atoms with Gasteiger partial charge in [-0.05, 0) is 6.92 Å². The molecule has 0 aromatic rings. The largest absolute Gasteiger partial charge is 0.480 e. The molecule has 0 spiro atoms. The number of carboxylic acids is 1. The number of aliphatic carboxylic acids is 1. The summed E-state index contributed by atoms with van der Waals surface area (Å²) in [5, 5.41) is 12.6. The summed E-state index contributed by atoms with van der Waals surface area (Å²) in [6.45, 7) is 1.75. The molecule has 0 radical (unpaired) electrons. The highest BCUT2D eigenvalue weighted by Crippen LogP contribution is 1.81. The number of hydrogen-bond donors (Lipinski definition) is 3. The summed E-state index contributed by atoms with van der Waals surface area (Å²) < 4.78 is 0. The minimum absolute atomic E-state index is 0.143. The van der Waals surface area contributed by atoms with Crippen LogP contribution in [0.15, 0.2) is 0 Å². The Labute approximate surface area is 87.4 Å². The Kier molecular flexibility index (Phi) is 5.84. The maximum Gasteiger partial charge on any atom is 0.323 e. The lowest BCUT2D eigenvalue weighted by Crippen LogP contribution is -2.43. The number of carbonyl (C=O) groups excluding carboxylic acids is 2. The molecular weight excluding hydrogens is 202 g/mol. The van der Waals surface area contributed by atoms with Gasteiger partial charge in [-0.15, -0.1) is 0 Å². The number of amides is 3. The Morgan fingerprint density at radius 1 is 1.20 bits per heavy atom. The second-order valence-corrected chi connectivity index (χ2v) is 2.84. The summed E-state index contributed by atoms with van der Waals surface area (Å²) in [6.07, 6.45) is 0. The predicted molar refractivity (Wildman–Crippen MR) is 52.3 cm³/mol. The number of nitrogens with zero attached hydrogens (tertiary/aromatic N) is 1. The zero-order valence-corrected chi connectivity index (χ0v) is 8.74. The van der Waals surface area contributed by atoms with E-state index in [0.717, 1.165) is 0 Å². The Morgan fingerprint density at radius 3 is 2.20 bits per heavy atom. The molecule has 0 aliphatic rings. The van der Waals surface area contributed by atoms with Gasteiger partial charge in [-0.1, -0.05) is 0 Å². The van der Waals surface area contributed by atoms with Gasteiger partial charge in [0.05, 0.1) is 6.54 Å². The molecule has 3 amide bonds. The van der Waals surface area contributed by atoms with Crippen molar-refractivity contribution in [2.45, 2.75) is 6.92 Å². The minimum Gasteiger partial charge on any atom is -0.480 e. The highest BCUT2D eigenvalue weighted by atomic mass is 16.4.